The largest absolute Gasteiger partial charge is 0.481 e. The molecule has 0 saturated carbocycles. The van der Waals surface area contributed by atoms with E-state index in [9.17, 15) is 19.2 Å². The van der Waals surface area contributed by atoms with Gasteiger partial charge in [-0.15, -0.1) is 0 Å². The first-order valence-electron chi connectivity index (χ1n) is 22.9. The molecular weight excluding hydrogens is 649 g/mol. The van der Waals surface area contributed by atoms with Gasteiger partial charge in [0.2, 0.25) is 0 Å². The summed E-state index contributed by atoms with van der Waals surface area (Å²) in [6, 6.07) is 0. The smallest absolute Gasteiger partial charge is 0.303 e. The van der Waals surface area contributed by atoms with Crippen molar-refractivity contribution in [1.82, 2.24) is 0 Å². The fourth-order valence-electron chi connectivity index (χ4n) is 7.39. The normalized spacial score (nSPS) is 11.3. The molecule has 0 saturated heterocycles. The average Bonchev–Trinajstić information content (AvgIpc) is 3.11. The molecule has 0 bridgehead atoms. The Labute approximate surface area is 321 Å². The highest BCUT2D eigenvalue weighted by Gasteiger charge is 2.04. The molecule has 0 fully saturated rings. The van der Waals surface area contributed by atoms with E-state index in [1.807, 2.05) is 0 Å². The van der Waals surface area contributed by atoms with Crippen LogP contribution in [0.25, 0.3) is 0 Å². The Morgan fingerprint density at radius 2 is 0.308 bits per heavy atom. The predicted octanol–water partition coefficient (Wildman–Crippen LogP) is 14.7. The highest BCUT2D eigenvalue weighted by Crippen LogP contribution is 2.17. The summed E-state index contributed by atoms with van der Waals surface area (Å²) in [5, 5.41) is 17.3. The number of carbonyl (C=O) groups is 4. The number of carbonyl (C=O) groups excluding carboxylic acids is 2. The van der Waals surface area contributed by atoms with E-state index in [2.05, 4.69) is 0 Å². The molecule has 0 aromatic rings. The van der Waals surface area contributed by atoms with Crippen molar-refractivity contribution >= 4 is 23.5 Å². The highest BCUT2D eigenvalue weighted by molar-refractivity contribution is 5.78. The first-order valence-corrected chi connectivity index (χ1v) is 22.9. The molecule has 0 aromatic carbocycles. The van der Waals surface area contributed by atoms with Gasteiger partial charge in [0.05, 0.1) is 0 Å². The molecule has 6 nitrogen and oxygen atoms in total. The fourth-order valence-corrected chi connectivity index (χ4v) is 7.39. The van der Waals surface area contributed by atoms with Crippen LogP contribution in [0.5, 0.6) is 0 Å². The Morgan fingerprint density at radius 3 is 0.442 bits per heavy atom. The lowest BCUT2D eigenvalue weighted by Crippen LogP contribution is -1.97. The number of carboxylic acids is 2. The first-order chi connectivity index (χ1) is 25.4. The van der Waals surface area contributed by atoms with Gasteiger partial charge in [-0.3, -0.25) is 19.2 Å². The maximum atomic E-state index is 12.1. The summed E-state index contributed by atoms with van der Waals surface area (Å²) in [5.74, 6) is -0.442. The second-order valence-corrected chi connectivity index (χ2v) is 16.1. The number of carboxylic acid groups (broad SMARTS) is 2. The monoisotopic (exact) mass is 735 g/mol. The van der Waals surface area contributed by atoms with E-state index in [0.717, 1.165) is 89.9 Å². The Bertz CT molecular complexity index is 743. The number of unbranched alkanes of at least 4 members (excludes halogenated alkanes) is 33. The van der Waals surface area contributed by atoms with Crippen LogP contribution >= 0.6 is 0 Å². The van der Waals surface area contributed by atoms with Crippen LogP contribution in [0.2, 0.25) is 0 Å². The molecule has 0 unspecified atom stereocenters. The summed E-state index contributed by atoms with van der Waals surface area (Å²) in [6.07, 6.45) is 47.5. The van der Waals surface area contributed by atoms with Crippen LogP contribution in [0, 0.1) is 0 Å². The van der Waals surface area contributed by atoms with E-state index in [-0.39, 0.29) is 0 Å². The molecule has 0 amide bonds. The van der Waals surface area contributed by atoms with Crippen LogP contribution in [0.1, 0.15) is 270 Å². The van der Waals surface area contributed by atoms with E-state index < -0.39 is 11.9 Å². The molecule has 0 aliphatic heterocycles. The van der Waals surface area contributed by atoms with Gasteiger partial charge in [0.1, 0.15) is 11.6 Å². The molecule has 306 valence electrons. The standard InChI is InChI=1S/C46H86O6/c47-43(39-33-27-21-15-11-17-23-29-35-41-45(49)50)37-31-25-19-13-9-7-5-3-1-2-4-6-8-10-14-20-26-32-38-44(48)40-34-28-22-16-12-18-24-30-36-42-46(51)52/h1-42H2,(H,49,50)(H,51,52). The third-order valence-electron chi connectivity index (χ3n) is 10.9. The Hall–Kier alpha value is -1.72. The number of rotatable bonds is 45. The zero-order valence-corrected chi connectivity index (χ0v) is 34.2. The van der Waals surface area contributed by atoms with Crippen LogP contribution in [0.15, 0.2) is 0 Å². The average molecular weight is 735 g/mol. The van der Waals surface area contributed by atoms with Crippen LogP contribution in [-0.4, -0.2) is 33.7 Å². The third kappa shape index (κ3) is 44.4. The van der Waals surface area contributed by atoms with Gasteiger partial charge in [-0.1, -0.05) is 193 Å². The molecular formula is C46H86O6. The van der Waals surface area contributed by atoms with E-state index >= 15 is 0 Å². The number of hydrogen-bond donors (Lipinski definition) is 2. The predicted molar refractivity (Wildman–Crippen MR) is 219 cm³/mol. The van der Waals surface area contributed by atoms with Crippen molar-refractivity contribution in [3.63, 3.8) is 0 Å². The van der Waals surface area contributed by atoms with Crippen LogP contribution in [0.3, 0.4) is 0 Å². The second kappa shape index (κ2) is 42.0. The summed E-state index contributed by atoms with van der Waals surface area (Å²) < 4.78 is 0. The molecule has 0 aliphatic rings. The highest BCUT2D eigenvalue weighted by atomic mass is 16.4. The van der Waals surface area contributed by atoms with Crippen LogP contribution < -0.4 is 0 Å². The topological polar surface area (TPSA) is 109 Å². The van der Waals surface area contributed by atoms with Crippen molar-refractivity contribution in [1.29, 1.82) is 0 Å². The van der Waals surface area contributed by atoms with Crippen molar-refractivity contribution < 1.29 is 29.4 Å². The maximum absolute atomic E-state index is 12.1. The molecule has 0 atom stereocenters. The van der Waals surface area contributed by atoms with E-state index in [0.29, 0.717) is 24.4 Å². The van der Waals surface area contributed by atoms with Gasteiger partial charge >= 0.3 is 11.9 Å². The molecule has 2 N–H and O–H groups in total. The molecule has 52 heavy (non-hydrogen) atoms. The molecule has 0 radical (unpaired) electrons. The molecule has 0 spiro atoms. The molecule has 0 aliphatic carbocycles. The van der Waals surface area contributed by atoms with Gasteiger partial charge in [0, 0.05) is 38.5 Å². The Morgan fingerprint density at radius 1 is 0.192 bits per heavy atom. The van der Waals surface area contributed by atoms with E-state index in [4.69, 9.17) is 10.2 Å². The minimum atomic E-state index is -0.683. The van der Waals surface area contributed by atoms with Gasteiger partial charge < -0.3 is 10.2 Å². The third-order valence-corrected chi connectivity index (χ3v) is 10.9. The van der Waals surface area contributed by atoms with Gasteiger partial charge in [-0.25, -0.2) is 0 Å². The lowest BCUT2D eigenvalue weighted by molar-refractivity contribution is -0.138. The van der Waals surface area contributed by atoms with Gasteiger partial charge in [-0.2, -0.15) is 0 Å². The van der Waals surface area contributed by atoms with E-state index in [1.165, 1.54) is 167 Å². The number of Topliss-reactive ketones (excluding diaryl/α,β-unsaturated/α-hetero) is 2. The van der Waals surface area contributed by atoms with E-state index in [1.54, 1.807) is 0 Å². The first kappa shape index (κ1) is 50.3. The maximum Gasteiger partial charge on any atom is 0.303 e. The van der Waals surface area contributed by atoms with Crippen LogP contribution in [-0.2, 0) is 19.2 Å². The zero-order chi connectivity index (χ0) is 38.0. The molecule has 0 aromatic heterocycles. The summed E-state index contributed by atoms with van der Waals surface area (Å²) in [7, 11) is 0. The summed E-state index contributed by atoms with van der Waals surface area (Å²) in [5.41, 5.74) is 0. The number of aliphatic carboxylic acids is 2. The Balaban J connectivity index is 3.20. The summed E-state index contributed by atoms with van der Waals surface area (Å²) >= 11 is 0. The van der Waals surface area contributed by atoms with Crippen molar-refractivity contribution in [3.05, 3.63) is 0 Å². The molecule has 0 heterocycles. The lowest BCUT2D eigenvalue weighted by atomic mass is 10.0. The summed E-state index contributed by atoms with van der Waals surface area (Å²) in [6.45, 7) is 0. The van der Waals surface area contributed by atoms with Crippen molar-refractivity contribution in [3.8, 4) is 0 Å². The minimum Gasteiger partial charge on any atom is -0.481 e. The molecule has 6 heteroatoms. The summed E-state index contributed by atoms with van der Waals surface area (Å²) in [4.78, 5) is 45.3. The number of hydrogen-bond acceptors (Lipinski definition) is 4. The second-order valence-electron chi connectivity index (χ2n) is 16.1. The molecule has 0 rings (SSSR count). The van der Waals surface area contributed by atoms with Gasteiger partial charge in [-0.05, 0) is 38.5 Å². The van der Waals surface area contributed by atoms with Crippen molar-refractivity contribution in [2.75, 3.05) is 0 Å². The van der Waals surface area contributed by atoms with Gasteiger partial charge in [0.15, 0.2) is 0 Å². The van der Waals surface area contributed by atoms with Crippen LogP contribution in [0.4, 0.5) is 0 Å². The Kier molecular flexibility index (Phi) is 40.6. The van der Waals surface area contributed by atoms with Crippen molar-refractivity contribution in [2.24, 2.45) is 0 Å². The zero-order valence-electron chi connectivity index (χ0n) is 34.2. The van der Waals surface area contributed by atoms with Gasteiger partial charge in [0.25, 0.3) is 0 Å². The lowest BCUT2D eigenvalue weighted by Gasteiger charge is -2.05. The SMILES string of the molecule is O=C(O)CCCCCCCCCCCC(=O)CCCCCCCCCCCCCCCCCCCCC(=O)CCCCCCCCCCCC(=O)O. The van der Waals surface area contributed by atoms with Crippen molar-refractivity contribution in [2.45, 2.75) is 270 Å². The fraction of sp³-hybridized carbons (Fsp3) is 0.913. The quantitative estimate of drug-likeness (QED) is 0.0603. The minimum absolute atomic E-state index is 0.304. The number of ketones is 2.